The topological polar surface area (TPSA) is 52.6 Å². The minimum atomic E-state index is -0.0431. The van der Waals surface area contributed by atoms with Crippen molar-refractivity contribution in [1.82, 2.24) is 10.2 Å². The molecule has 2 unspecified atom stereocenters. The first-order chi connectivity index (χ1) is 10.2. The van der Waals surface area contributed by atoms with E-state index in [2.05, 4.69) is 21.2 Å². The number of rotatable bonds is 2. The van der Waals surface area contributed by atoms with Gasteiger partial charge in [-0.25, -0.2) is 0 Å². The molecule has 2 N–H and O–H groups in total. The molecule has 1 aromatic carbocycles. The molecular formula is C16H21BrN2O2. The zero-order valence-corrected chi connectivity index (χ0v) is 13.6. The molecule has 3 rings (SSSR count). The van der Waals surface area contributed by atoms with Crippen molar-refractivity contribution in [2.75, 3.05) is 13.1 Å². The van der Waals surface area contributed by atoms with Crippen LogP contribution in [0.4, 0.5) is 0 Å². The molecule has 0 radical (unpaired) electrons. The van der Waals surface area contributed by atoms with Crippen LogP contribution >= 0.6 is 15.9 Å². The number of carbonyl (C=O) groups excluding carboxylic acids is 1. The summed E-state index contributed by atoms with van der Waals surface area (Å²) >= 11 is 3.31. The SMILES string of the molecule is O=C(c1ccc(Br)cc1O)N1CCCCC1C1CCCN1. The Kier molecular flexibility index (Phi) is 4.50. The number of nitrogens with one attached hydrogen (secondary N) is 1. The van der Waals surface area contributed by atoms with Crippen molar-refractivity contribution in [2.45, 2.75) is 44.2 Å². The molecule has 0 bridgehead atoms. The highest BCUT2D eigenvalue weighted by molar-refractivity contribution is 9.10. The second-order valence-electron chi connectivity index (χ2n) is 5.93. The van der Waals surface area contributed by atoms with Gasteiger partial charge in [-0.2, -0.15) is 0 Å². The number of aromatic hydroxyl groups is 1. The maximum Gasteiger partial charge on any atom is 0.257 e. The molecule has 5 heteroatoms. The van der Waals surface area contributed by atoms with Crippen LogP contribution in [-0.2, 0) is 0 Å². The Hall–Kier alpha value is -1.07. The summed E-state index contributed by atoms with van der Waals surface area (Å²) in [5, 5.41) is 13.6. The van der Waals surface area contributed by atoms with Crippen molar-refractivity contribution in [3.63, 3.8) is 0 Å². The zero-order chi connectivity index (χ0) is 14.8. The number of nitrogens with zero attached hydrogens (tertiary/aromatic N) is 1. The van der Waals surface area contributed by atoms with Crippen LogP contribution in [0, 0.1) is 0 Å². The molecule has 2 atom stereocenters. The summed E-state index contributed by atoms with van der Waals surface area (Å²) in [5.41, 5.74) is 0.406. The smallest absolute Gasteiger partial charge is 0.257 e. The van der Waals surface area contributed by atoms with Gasteiger partial charge in [0.25, 0.3) is 5.91 Å². The molecule has 114 valence electrons. The second kappa shape index (κ2) is 6.36. The first-order valence-corrected chi connectivity index (χ1v) is 8.49. The number of piperidine rings is 1. The third kappa shape index (κ3) is 3.09. The highest BCUT2D eigenvalue weighted by Gasteiger charge is 2.35. The molecule has 0 aliphatic carbocycles. The van der Waals surface area contributed by atoms with Crippen LogP contribution in [-0.4, -0.2) is 41.1 Å². The lowest BCUT2D eigenvalue weighted by Crippen LogP contribution is -2.52. The summed E-state index contributed by atoms with van der Waals surface area (Å²) in [6.45, 7) is 1.84. The molecule has 4 nitrogen and oxygen atoms in total. The van der Waals surface area contributed by atoms with E-state index in [1.165, 1.54) is 12.8 Å². The predicted octanol–water partition coefficient (Wildman–Crippen LogP) is 2.90. The summed E-state index contributed by atoms with van der Waals surface area (Å²) in [6.07, 6.45) is 5.61. The number of phenolic OH excluding ortho intramolecular Hbond substituents is 1. The Morgan fingerprint density at radius 1 is 1.29 bits per heavy atom. The largest absolute Gasteiger partial charge is 0.507 e. The Morgan fingerprint density at radius 2 is 2.14 bits per heavy atom. The Morgan fingerprint density at radius 3 is 2.86 bits per heavy atom. The van der Waals surface area contributed by atoms with Crippen molar-refractivity contribution in [3.05, 3.63) is 28.2 Å². The summed E-state index contributed by atoms with van der Waals surface area (Å²) in [5.74, 6) is 0.0106. The lowest BCUT2D eigenvalue weighted by atomic mass is 9.93. The molecule has 2 aliphatic rings. The van der Waals surface area contributed by atoms with E-state index in [-0.39, 0.29) is 17.7 Å². The average molecular weight is 353 g/mol. The van der Waals surface area contributed by atoms with Gasteiger partial charge in [-0.1, -0.05) is 15.9 Å². The van der Waals surface area contributed by atoms with E-state index in [1.807, 2.05) is 4.90 Å². The van der Waals surface area contributed by atoms with Crippen LogP contribution in [0.5, 0.6) is 5.75 Å². The van der Waals surface area contributed by atoms with Crippen molar-refractivity contribution in [2.24, 2.45) is 0 Å². The van der Waals surface area contributed by atoms with Gasteiger partial charge in [0.2, 0.25) is 0 Å². The first kappa shape index (κ1) is 14.9. The van der Waals surface area contributed by atoms with Gasteiger partial charge < -0.3 is 15.3 Å². The van der Waals surface area contributed by atoms with Crippen molar-refractivity contribution in [1.29, 1.82) is 0 Å². The monoisotopic (exact) mass is 352 g/mol. The number of carbonyl (C=O) groups is 1. The molecule has 0 aromatic heterocycles. The molecule has 0 saturated carbocycles. The molecule has 1 amide bonds. The molecule has 21 heavy (non-hydrogen) atoms. The Balaban J connectivity index is 1.83. The van der Waals surface area contributed by atoms with Gasteiger partial charge in [0.05, 0.1) is 5.56 Å². The highest BCUT2D eigenvalue weighted by atomic mass is 79.9. The highest BCUT2D eigenvalue weighted by Crippen LogP contribution is 2.29. The zero-order valence-electron chi connectivity index (χ0n) is 12.0. The van der Waals surface area contributed by atoms with Gasteiger partial charge in [-0.3, -0.25) is 4.79 Å². The van der Waals surface area contributed by atoms with Gasteiger partial charge in [0.15, 0.2) is 0 Å². The van der Waals surface area contributed by atoms with Gasteiger partial charge in [0, 0.05) is 23.1 Å². The second-order valence-corrected chi connectivity index (χ2v) is 6.84. The third-order valence-corrected chi connectivity index (χ3v) is 5.06. The molecule has 2 aliphatic heterocycles. The van der Waals surface area contributed by atoms with Crippen molar-refractivity contribution >= 4 is 21.8 Å². The third-order valence-electron chi connectivity index (χ3n) is 4.56. The van der Waals surface area contributed by atoms with Crippen LogP contribution in [0.25, 0.3) is 0 Å². The predicted molar refractivity (Wildman–Crippen MR) is 85.5 cm³/mol. The normalized spacial score (nSPS) is 26.0. The number of amides is 1. The fourth-order valence-electron chi connectivity index (χ4n) is 3.51. The van der Waals surface area contributed by atoms with Crippen LogP contribution in [0.2, 0.25) is 0 Å². The van der Waals surface area contributed by atoms with Crippen LogP contribution in [0.15, 0.2) is 22.7 Å². The minimum Gasteiger partial charge on any atom is -0.507 e. The molecule has 2 heterocycles. The van der Waals surface area contributed by atoms with E-state index in [4.69, 9.17) is 0 Å². The summed E-state index contributed by atoms with van der Waals surface area (Å²) in [4.78, 5) is 14.8. The number of phenols is 1. The van der Waals surface area contributed by atoms with E-state index in [1.54, 1.807) is 18.2 Å². The summed E-state index contributed by atoms with van der Waals surface area (Å²) < 4.78 is 0.782. The lowest BCUT2D eigenvalue weighted by Gasteiger charge is -2.39. The van der Waals surface area contributed by atoms with E-state index in [0.717, 1.165) is 36.8 Å². The van der Waals surface area contributed by atoms with Crippen molar-refractivity contribution < 1.29 is 9.90 Å². The van der Waals surface area contributed by atoms with Crippen LogP contribution in [0.1, 0.15) is 42.5 Å². The Bertz CT molecular complexity index is 529. The van der Waals surface area contributed by atoms with E-state index in [0.29, 0.717) is 11.6 Å². The summed E-state index contributed by atoms with van der Waals surface area (Å²) in [7, 11) is 0. The number of hydrogen-bond acceptors (Lipinski definition) is 3. The minimum absolute atomic E-state index is 0.0431. The van der Waals surface area contributed by atoms with E-state index in [9.17, 15) is 9.90 Å². The van der Waals surface area contributed by atoms with E-state index >= 15 is 0 Å². The first-order valence-electron chi connectivity index (χ1n) is 7.69. The van der Waals surface area contributed by atoms with Gasteiger partial charge >= 0.3 is 0 Å². The molecule has 1 aromatic rings. The fourth-order valence-corrected chi connectivity index (χ4v) is 3.86. The number of hydrogen-bond donors (Lipinski definition) is 2. The van der Waals surface area contributed by atoms with Gasteiger partial charge in [-0.05, 0) is 56.8 Å². The van der Waals surface area contributed by atoms with E-state index < -0.39 is 0 Å². The quantitative estimate of drug-likeness (QED) is 0.860. The van der Waals surface area contributed by atoms with Gasteiger partial charge in [0.1, 0.15) is 5.75 Å². The van der Waals surface area contributed by atoms with Crippen LogP contribution < -0.4 is 5.32 Å². The maximum atomic E-state index is 12.8. The Labute approximate surface area is 133 Å². The van der Waals surface area contributed by atoms with Crippen LogP contribution in [0.3, 0.4) is 0 Å². The van der Waals surface area contributed by atoms with Crippen molar-refractivity contribution in [3.8, 4) is 5.75 Å². The number of likely N-dealkylation sites (tertiary alicyclic amines) is 1. The molecule has 2 fully saturated rings. The standard InChI is InChI=1S/C16H21BrN2O2/c17-11-6-7-12(15(20)10-11)16(21)19-9-2-1-5-14(19)13-4-3-8-18-13/h6-7,10,13-14,18,20H,1-5,8-9H2. The molecular weight excluding hydrogens is 332 g/mol. The average Bonchev–Trinajstić information content (AvgIpc) is 3.01. The molecule has 2 saturated heterocycles. The maximum absolute atomic E-state index is 12.8. The number of benzene rings is 1. The molecule has 0 spiro atoms. The number of halogens is 1. The fraction of sp³-hybridized carbons (Fsp3) is 0.562. The lowest BCUT2D eigenvalue weighted by molar-refractivity contribution is 0.0560. The van der Waals surface area contributed by atoms with Gasteiger partial charge in [-0.15, -0.1) is 0 Å². The summed E-state index contributed by atoms with van der Waals surface area (Å²) in [6, 6.07) is 5.76.